The van der Waals surface area contributed by atoms with Gasteiger partial charge in [0.25, 0.3) is 15.9 Å². The molecule has 2 aromatic carbocycles. The van der Waals surface area contributed by atoms with Gasteiger partial charge in [0.2, 0.25) is 5.91 Å². The lowest BCUT2D eigenvalue weighted by Crippen LogP contribution is -2.35. The van der Waals surface area contributed by atoms with Gasteiger partial charge in [0.15, 0.2) is 0 Å². The Bertz CT molecular complexity index is 1610. The van der Waals surface area contributed by atoms with Crippen LogP contribution in [0.25, 0.3) is 11.6 Å². The maximum atomic E-state index is 13.5. The van der Waals surface area contributed by atoms with E-state index in [0.717, 1.165) is 40.8 Å². The number of fused-ring (bicyclic) bond motifs is 1. The Labute approximate surface area is 246 Å². The van der Waals surface area contributed by atoms with Crippen molar-refractivity contribution >= 4 is 56.5 Å². The third-order valence-corrected chi connectivity index (χ3v) is 9.52. The average molecular weight is 598 g/mol. The molecule has 0 saturated heterocycles. The number of nitrogens with one attached hydrogen (secondary N) is 3. The van der Waals surface area contributed by atoms with Crippen molar-refractivity contribution in [3.63, 3.8) is 0 Å². The first-order valence-electron chi connectivity index (χ1n) is 13.5. The van der Waals surface area contributed by atoms with Gasteiger partial charge in [0, 0.05) is 47.8 Å². The van der Waals surface area contributed by atoms with E-state index in [4.69, 9.17) is 11.6 Å². The summed E-state index contributed by atoms with van der Waals surface area (Å²) in [6, 6.07) is 11.2. The molecule has 0 atom stereocenters. The molecule has 3 N–H and O–H groups in total. The minimum absolute atomic E-state index is 0.0441. The fourth-order valence-corrected chi connectivity index (χ4v) is 6.32. The van der Waals surface area contributed by atoms with Gasteiger partial charge in [-0.25, -0.2) is 8.42 Å². The van der Waals surface area contributed by atoms with Gasteiger partial charge in [-0.05, 0) is 80.5 Å². The number of amides is 2. The molecule has 0 fully saturated rings. The SMILES string of the molecule is CCN(CC)CCNC(=O)Cc1c(C)[nH]c(C=C2C(=O)Nc3ccc(S(=O)(=O)N(C)c4cccc(Cl)c4)cc32)c1C. The molecular weight excluding hydrogens is 562 g/mol. The van der Waals surface area contributed by atoms with E-state index in [9.17, 15) is 18.0 Å². The van der Waals surface area contributed by atoms with Crippen LogP contribution in [0.5, 0.6) is 0 Å². The second-order valence-corrected chi connectivity index (χ2v) is 12.4. The van der Waals surface area contributed by atoms with E-state index < -0.39 is 10.0 Å². The zero-order valence-electron chi connectivity index (χ0n) is 24.0. The number of carbonyl (C=O) groups is 2. The molecule has 0 bridgehead atoms. The number of hydrogen-bond donors (Lipinski definition) is 3. The lowest BCUT2D eigenvalue weighted by Gasteiger charge is -2.20. The number of hydrogen-bond acceptors (Lipinski definition) is 5. The van der Waals surface area contributed by atoms with Crippen molar-refractivity contribution in [1.29, 1.82) is 0 Å². The molecule has 4 rings (SSSR count). The molecular formula is C30H36ClN5O4S. The van der Waals surface area contributed by atoms with E-state index in [1.807, 2.05) is 13.8 Å². The van der Waals surface area contributed by atoms with Crippen LogP contribution in [0.15, 0.2) is 47.4 Å². The molecule has 1 aliphatic heterocycles. The van der Waals surface area contributed by atoms with Crippen LogP contribution >= 0.6 is 11.6 Å². The molecule has 0 saturated carbocycles. The van der Waals surface area contributed by atoms with Crippen molar-refractivity contribution in [2.45, 2.75) is 39.0 Å². The maximum Gasteiger partial charge on any atom is 0.264 e. The van der Waals surface area contributed by atoms with Crippen molar-refractivity contribution in [2.75, 3.05) is 42.8 Å². The Morgan fingerprint density at radius 3 is 2.51 bits per heavy atom. The summed E-state index contributed by atoms with van der Waals surface area (Å²) in [5.41, 5.74) is 5.03. The Balaban J connectivity index is 1.59. The molecule has 0 spiro atoms. The van der Waals surface area contributed by atoms with Crippen LogP contribution in [0.2, 0.25) is 5.02 Å². The highest BCUT2D eigenvalue weighted by Gasteiger charge is 2.29. The molecule has 9 nitrogen and oxygen atoms in total. The van der Waals surface area contributed by atoms with Crippen LogP contribution in [-0.2, 0) is 26.0 Å². The number of sulfonamides is 1. The Hall–Kier alpha value is -3.60. The molecule has 41 heavy (non-hydrogen) atoms. The molecule has 1 aliphatic rings. The third kappa shape index (κ3) is 6.50. The van der Waals surface area contributed by atoms with E-state index in [-0.39, 0.29) is 23.1 Å². The fraction of sp³-hybridized carbons (Fsp3) is 0.333. The highest BCUT2D eigenvalue weighted by atomic mass is 35.5. The second kappa shape index (κ2) is 12.5. The Kier molecular flexibility index (Phi) is 9.26. The summed E-state index contributed by atoms with van der Waals surface area (Å²) in [6.07, 6.45) is 1.93. The smallest absolute Gasteiger partial charge is 0.264 e. The van der Waals surface area contributed by atoms with Crippen molar-refractivity contribution in [3.8, 4) is 0 Å². The number of H-pyrrole nitrogens is 1. The normalized spacial score (nSPS) is 13.9. The molecule has 0 aliphatic carbocycles. The number of aromatic amines is 1. The summed E-state index contributed by atoms with van der Waals surface area (Å²) in [7, 11) is -2.47. The van der Waals surface area contributed by atoms with Gasteiger partial charge >= 0.3 is 0 Å². The van der Waals surface area contributed by atoms with Gasteiger partial charge in [-0.15, -0.1) is 0 Å². The maximum absolute atomic E-state index is 13.5. The summed E-state index contributed by atoms with van der Waals surface area (Å²) in [5, 5.41) is 6.23. The molecule has 2 amide bonds. The molecule has 0 unspecified atom stereocenters. The third-order valence-electron chi connectivity index (χ3n) is 7.51. The summed E-state index contributed by atoms with van der Waals surface area (Å²) in [4.78, 5) is 31.2. The fourth-order valence-electron chi connectivity index (χ4n) is 4.92. The second-order valence-electron chi connectivity index (χ2n) is 9.99. The molecule has 1 aromatic heterocycles. The first-order chi connectivity index (χ1) is 19.5. The number of rotatable bonds is 11. The lowest BCUT2D eigenvalue weighted by molar-refractivity contribution is -0.120. The van der Waals surface area contributed by atoms with Gasteiger partial charge in [-0.1, -0.05) is 31.5 Å². The number of aromatic nitrogens is 1. The minimum atomic E-state index is -3.93. The van der Waals surface area contributed by atoms with Crippen LogP contribution < -0.4 is 14.9 Å². The standard InChI is InChI=1S/C30H36ClN5O4S/c1-6-36(7-2)14-13-32-29(37)18-24-19(3)28(33-20(24)4)17-26-25-16-23(11-12-27(25)34-30(26)38)41(39,40)35(5)22-10-8-9-21(31)15-22/h8-12,15-17,33H,6-7,13-14,18H2,1-5H3,(H,32,37)(H,34,38). The van der Waals surface area contributed by atoms with Gasteiger partial charge < -0.3 is 20.5 Å². The van der Waals surface area contributed by atoms with Gasteiger partial charge in [0.1, 0.15) is 0 Å². The van der Waals surface area contributed by atoms with Crippen LogP contribution in [0, 0.1) is 13.8 Å². The molecule has 218 valence electrons. The first kappa shape index (κ1) is 30.4. The number of likely N-dealkylation sites (N-methyl/N-ethyl adjacent to an activating group) is 1. The zero-order chi connectivity index (χ0) is 29.9. The summed E-state index contributed by atoms with van der Waals surface area (Å²) >= 11 is 6.07. The van der Waals surface area contributed by atoms with Crippen molar-refractivity contribution in [1.82, 2.24) is 15.2 Å². The highest BCUT2D eigenvalue weighted by Crippen LogP contribution is 2.36. The van der Waals surface area contributed by atoms with E-state index in [1.165, 1.54) is 19.2 Å². The Morgan fingerprint density at radius 1 is 1.10 bits per heavy atom. The van der Waals surface area contributed by atoms with E-state index in [0.29, 0.717) is 39.8 Å². The van der Waals surface area contributed by atoms with Crippen molar-refractivity contribution in [2.24, 2.45) is 0 Å². The predicted octanol–water partition coefficient (Wildman–Crippen LogP) is 4.60. The van der Waals surface area contributed by atoms with Crippen LogP contribution in [0.1, 0.15) is 41.9 Å². The zero-order valence-corrected chi connectivity index (χ0v) is 25.5. The van der Waals surface area contributed by atoms with Crippen LogP contribution in [0.4, 0.5) is 11.4 Å². The number of benzene rings is 2. The molecule has 0 radical (unpaired) electrons. The van der Waals surface area contributed by atoms with E-state index >= 15 is 0 Å². The summed E-state index contributed by atoms with van der Waals surface area (Å²) < 4.78 is 28.1. The van der Waals surface area contributed by atoms with E-state index in [2.05, 4.69) is 34.4 Å². The highest BCUT2D eigenvalue weighted by molar-refractivity contribution is 7.92. The number of halogens is 1. The first-order valence-corrected chi connectivity index (χ1v) is 15.4. The average Bonchev–Trinajstić information content (AvgIpc) is 3.40. The summed E-state index contributed by atoms with van der Waals surface area (Å²) in [5.74, 6) is -0.399. The largest absolute Gasteiger partial charge is 0.359 e. The molecule has 11 heteroatoms. The predicted molar refractivity (Wildman–Crippen MR) is 165 cm³/mol. The van der Waals surface area contributed by atoms with Gasteiger partial charge in [-0.2, -0.15) is 0 Å². The lowest BCUT2D eigenvalue weighted by atomic mass is 10.0. The Morgan fingerprint density at radius 2 is 1.83 bits per heavy atom. The van der Waals surface area contributed by atoms with E-state index in [1.54, 1.807) is 36.4 Å². The van der Waals surface area contributed by atoms with Crippen LogP contribution in [0.3, 0.4) is 0 Å². The number of carbonyl (C=O) groups excluding carboxylic acids is 2. The molecule has 3 aromatic rings. The van der Waals surface area contributed by atoms with Gasteiger partial charge in [-0.3, -0.25) is 13.9 Å². The monoisotopic (exact) mass is 597 g/mol. The van der Waals surface area contributed by atoms with Crippen molar-refractivity contribution < 1.29 is 18.0 Å². The number of anilines is 2. The quantitative estimate of drug-likeness (QED) is 0.279. The minimum Gasteiger partial charge on any atom is -0.359 e. The topological polar surface area (TPSA) is 115 Å². The molecule has 2 heterocycles. The number of nitrogens with zero attached hydrogens (tertiary/aromatic N) is 2. The van der Waals surface area contributed by atoms with Crippen LogP contribution in [-0.4, -0.2) is 63.3 Å². The van der Waals surface area contributed by atoms with Gasteiger partial charge in [0.05, 0.1) is 22.6 Å². The number of aryl methyl sites for hydroxylation is 1. The summed E-state index contributed by atoms with van der Waals surface area (Å²) in [6.45, 7) is 11.2. The van der Waals surface area contributed by atoms with Crippen molar-refractivity contribution in [3.05, 3.63) is 75.6 Å².